The Morgan fingerprint density at radius 1 is 1.25 bits per heavy atom. The summed E-state index contributed by atoms with van der Waals surface area (Å²) in [6, 6.07) is 5.78. The normalized spacial score (nSPS) is 17.4. The predicted molar refractivity (Wildman–Crippen MR) is 85.8 cm³/mol. The molecule has 1 aliphatic rings. The molecular weight excluding hydrogens is 270 g/mol. The number of hydrogen-bond donors (Lipinski definition) is 0. The molecule has 1 aromatic carbocycles. The van der Waals surface area contributed by atoms with Gasteiger partial charge in [-0.25, -0.2) is 0 Å². The fraction of sp³-hybridized carbons (Fsp3) is 0.588. The zero-order valence-corrected chi connectivity index (χ0v) is 13.6. The minimum absolute atomic E-state index is 0.0213. The van der Waals surface area contributed by atoms with E-state index in [0.717, 1.165) is 24.7 Å². The number of piperidine rings is 1. The molecule has 0 aliphatic carbocycles. The maximum atomic E-state index is 11.4. The van der Waals surface area contributed by atoms with E-state index in [9.17, 15) is 4.79 Å². The van der Waals surface area contributed by atoms with E-state index >= 15 is 0 Å². The van der Waals surface area contributed by atoms with Crippen LogP contribution in [0.5, 0.6) is 0 Å². The number of rotatable bonds is 2. The molecule has 0 bridgehead atoms. The van der Waals surface area contributed by atoms with Gasteiger partial charge in [0.1, 0.15) is 0 Å². The molecule has 3 heteroatoms. The van der Waals surface area contributed by atoms with Gasteiger partial charge in [0.2, 0.25) is 0 Å². The largest absolute Gasteiger partial charge is 0.371 e. The maximum Gasteiger partial charge on any atom is 0.161 e. The number of hydrogen-bond acceptors (Lipinski definition) is 2. The van der Waals surface area contributed by atoms with Crippen LogP contribution in [0.4, 0.5) is 5.69 Å². The van der Waals surface area contributed by atoms with E-state index in [1.54, 1.807) is 6.92 Å². The Kier molecular flexibility index (Phi) is 4.43. The van der Waals surface area contributed by atoms with Crippen LogP contribution in [0.15, 0.2) is 18.2 Å². The fourth-order valence-electron chi connectivity index (χ4n) is 2.99. The Labute approximate surface area is 127 Å². The van der Waals surface area contributed by atoms with E-state index in [1.165, 1.54) is 12.8 Å². The van der Waals surface area contributed by atoms with Crippen molar-refractivity contribution in [1.82, 2.24) is 0 Å². The van der Waals surface area contributed by atoms with Crippen LogP contribution in [0.1, 0.15) is 50.9 Å². The lowest BCUT2D eigenvalue weighted by atomic mass is 9.75. The van der Waals surface area contributed by atoms with Crippen molar-refractivity contribution in [3.05, 3.63) is 28.8 Å². The van der Waals surface area contributed by atoms with Crippen LogP contribution in [-0.4, -0.2) is 18.9 Å². The minimum Gasteiger partial charge on any atom is -0.371 e. The molecule has 0 spiro atoms. The van der Waals surface area contributed by atoms with Gasteiger partial charge in [0.15, 0.2) is 5.78 Å². The van der Waals surface area contributed by atoms with Crippen molar-refractivity contribution in [2.24, 2.45) is 11.3 Å². The second kappa shape index (κ2) is 5.77. The summed E-state index contributed by atoms with van der Waals surface area (Å²) in [5.74, 6) is 0.804. The molecule has 0 unspecified atom stereocenters. The van der Waals surface area contributed by atoms with E-state index in [4.69, 9.17) is 11.6 Å². The number of carbonyl (C=O) groups is 1. The van der Waals surface area contributed by atoms with E-state index in [1.807, 2.05) is 18.2 Å². The zero-order chi connectivity index (χ0) is 14.9. The lowest BCUT2D eigenvalue weighted by molar-refractivity contribution is 0.101. The summed E-state index contributed by atoms with van der Waals surface area (Å²) in [5, 5.41) is 0.563. The van der Waals surface area contributed by atoms with Gasteiger partial charge >= 0.3 is 0 Å². The van der Waals surface area contributed by atoms with E-state index in [0.29, 0.717) is 16.0 Å². The third kappa shape index (κ3) is 3.35. The highest BCUT2D eigenvalue weighted by Gasteiger charge is 2.28. The number of ketones is 1. The second-order valence-electron chi connectivity index (χ2n) is 6.85. The van der Waals surface area contributed by atoms with Gasteiger partial charge in [0.25, 0.3) is 0 Å². The van der Waals surface area contributed by atoms with Crippen molar-refractivity contribution < 1.29 is 4.79 Å². The predicted octanol–water partition coefficient (Wildman–Crippen LogP) is 4.81. The van der Waals surface area contributed by atoms with Gasteiger partial charge in [-0.2, -0.15) is 0 Å². The smallest absolute Gasteiger partial charge is 0.161 e. The molecular formula is C17H24ClNO. The Morgan fingerprint density at radius 2 is 1.85 bits per heavy atom. The maximum absolute atomic E-state index is 11.4. The van der Waals surface area contributed by atoms with Crippen molar-refractivity contribution in [2.45, 2.75) is 40.5 Å². The Bertz CT molecular complexity index is 496. The van der Waals surface area contributed by atoms with Crippen LogP contribution in [0.25, 0.3) is 0 Å². The monoisotopic (exact) mass is 293 g/mol. The van der Waals surface area contributed by atoms with Gasteiger partial charge in [0, 0.05) is 24.3 Å². The summed E-state index contributed by atoms with van der Waals surface area (Å²) in [4.78, 5) is 13.8. The number of benzene rings is 1. The number of nitrogens with zero attached hydrogens (tertiary/aromatic N) is 1. The molecule has 0 radical (unpaired) electrons. The molecule has 0 saturated carbocycles. The van der Waals surface area contributed by atoms with Crippen molar-refractivity contribution >= 4 is 23.1 Å². The number of anilines is 1. The standard InChI is InChI=1S/C17H24ClNO/c1-12(20)15-6-5-14(11-16(15)18)19-9-7-13(8-10-19)17(2,3)4/h5-6,11,13H,7-10H2,1-4H3. The summed E-state index contributed by atoms with van der Waals surface area (Å²) < 4.78 is 0. The first kappa shape index (κ1) is 15.4. The summed E-state index contributed by atoms with van der Waals surface area (Å²) >= 11 is 6.20. The molecule has 1 saturated heterocycles. The molecule has 0 atom stereocenters. The summed E-state index contributed by atoms with van der Waals surface area (Å²) in [5.41, 5.74) is 2.13. The van der Waals surface area contributed by atoms with Gasteiger partial charge in [-0.1, -0.05) is 32.4 Å². The van der Waals surface area contributed by atoms with Crippen LogP contribution in [-0.2, 0) is 0 Å². The minimum atomic E-state index is 0.0213. The molecule has 110 valence electrons. The summed E-state index contributed by atoms with van der Waals surface area (Å²) in [7, 11) is 0. The molecule has 1 aromatic rings. The SMILES string of the molecule is CC(=O)c1ccc(N2CCC(C(C)(C)C)CC2)cc1Cl. The highest BCUT2D eigenvalue weighted by molar-refractivity contribution is 6.34. The van der Waals surface area contributed by atoms with Crippen molar-refractivity contribution in [1.29, 1.82) is 0 Å². The lowest BCUT2D eigenvalue weighted by Crippen LogP contribution is -2.38. The second-order valence-corrected chi connectivity index (χ2v) is 7.25. The van der Waals surface area contributed by atoms with Gasteiger partial charge in [-0.05, 0) is 49.3 Å². The highest BCUT2D eigenvalue weighted by atomic mass is 35.5. The quantitative estimate of drug-likeness (QED) is 0.730. The number of halogens is 1. The van der Waals surface area contributed by atoms with Crippen molar-refractivity contribution in [3.8, 4) is 0 Å². The number of carbonyl (C=O) groups excluding carboxylic acids is 1. The summed E-state index contributed by atoms with van der Waals surface area (Å²) in [6.45, 7) is 10.7. The molecule has 0 amide bonds. The first-order valence-corrected chi connectivity index (χ1v) is 7.72. The lowest BCUT2D eigenvalue weighted by Gasteiger charge is -2.39. The number of Topliss-reactive ketones (excluding diaryl/α,β-unsaturated/α-hetero) is 1. The van der Waals surface area contributed by atoms with Gasteiger partial charge in [0.05, 0.1) is 5.02 Å². The summed E-state index contributed by atoms with van der Waals surface area (Å²) in [6.07, 6.45) is 2.44. The molecule has 1 heterocycles. The molecule has 0 aromatic heterocycles. The van der Waals surface area contributed by atoms with Crippen LogP contribution < -0.4 is 4.90 Å². The average molecular weight is 294 g/mol. The molecule has 2 rings (SSSR count). The topological polar surface area (TPSA) is 20.3 Å². The fourth-order valence-corrected chi connectivity index (χ4v) is 3.30. The molecule has 1 fully saturated rings. The van der Waals surface area contributed by atoms with Crippen LogP contribution in [0, 0.1) is 11.3 Å². The molecule has 2 nitrogen and oxygen atoms in total. The molecule has 1 aliphatic heterocycles. The first-order chi connectivity index (χ1) is 9.29. The Hall–Kier alpha value is -1.02. The van der Waals surface area contributed by atoms with E-state index < -0.39 is 0 Å². The third-order valence-electron chi connectivity index (χ3n) is 4.42. The van der Waals surface area contributed by atoms with Crippen molar-refractivity contribution in [2.75, 3.05) is 18.0 Å². The van der Waals surface area contributed by atoms with Gasteiger partial charge < -0.3 is 4.90 Å². The Balaban J connectivity index is 2.08. The van der Waals surface area contributed by atoms with E-state index in [2.05, 4.69) is 25.7 Å². The van der Waals surface area contributed by atoms with E-state index in [-0.39, 0.29) is 5.78 Å². The highest BCUT2D eigenvalue weighted by Crippen LogP contribution is 2.36. The zero-order valence-electron chi connectivity index (χ0n) is 12.9. The van der Waals surface area contributed by atoms with Gasteiger partial charge in [-0.15, -0.1) is 0 Å². The van der Waals surface area contributed by atoms with Crippen LogP contribution in [0.3, 0.4) is 0 Å². The molecule has 20 heavy (non-hydrogen) atoms. The Morgan fingerprint density at radius 3 is 2.30 bits per heavy atom. The van der Waals surface area contributed by atoms with Crippen molar-refractivity contribution in [3.63, 3.8) is 0 Å². The first-order valence-electron chi connectivity index (χ1n) is 7.34. The average Bonchev–Trinajstić information content (AvgIpc) is 2.37. The molecule has 0 N–H and O–H groups in total. The van der Waals surface area contributed by atoms with Crippen LogP contribution in [0.2, 0.25) is 5.02 Å². The van der Waals surface area contributed by atoms with Gasteiger partial charge in [-0.3, -0.25) is 4.79 Å². The van der Waals surface area contributed by atoms with Crippen LogP contribution >= 0.6 is 11.6 Å². The third-order valence-corrected chi connectivity index (χ3v) is 4.73.